The molecule has 0 bridgehead atoms. The minimum absolute atomic E-state index is 0.163. The summed E-state index contributed by atoms with van der Waals surface area (Å²) in [6.07, 6.45) is 4.83. The first kappa shape index (κ1) is 16.3. The maximum absolute atomic E-state index is 11.1. The number of likely N-dealkylation sites (N-methyl/N-ethyl adjacent to an activating group) is 1. The smallest absolute Gasteiger partial charge is 0.335 e. The third kappa shape index (κ3) is 4.03. The maximum atomic E-state index is 11.1. The number of carboxylic acids is 1. The first-order chi connectivity index (χ1) is 11.1. The second-order valence-corrected chi connectivity index (χ2v) is 6.68. The Balaban J connectivity index is 1.69. The number of piperazine rings is 1. The summed E-state index contributed by atoms with van der Waals surface area (Å²) in [4.78, 5) is 16.0. The number of hydrogen-bond acceptors (Lipinski definition) is 4. The minimum Gasteiger partial charge on any atom is -0.489 e. The summed E-state index contributed by atoms with van der Waals surface area (Å²) >= 11 is 0. The maximum Gasteiger partial charge on any atom is 0.335 e. The van der Waals surface area contributed by atoms with Crippen molar-refractivity contribution in [2.45, 2.75) is 37.8 Å². The fourth-order valence-corrected chi connectivity index (χ4v) is 3.66. The van der Waals surface area contributed by atoms with E-state index in [1.165, 1.54) is 19.3 Å². The third-order valence-electron chi connectivity index (χ3n) is 5.04. The lowest BCUT2D eigenvalue weighted by Crippen LogP contribution is -2.54. The number of carbonyl (C=O) groups is 1. The molecule has 1 saturated carbocycles. The van der Waals surface area contributed by atoms with Gasteiger partial charge in [-0.25, -0.2) is 4.79 Å². The number of nitrogens with zero attached hydrogens (tertiary/aromatic N) is 2. The molecule has 23 heavy (non-hydrogen) atoms. The molecule has 5 heteroatoms. The topological polar surface area (TPSA) is 53.0 Å². The Kier molecular flexibility index (Phi) is 5.18. The standard InChI is InChI=1S/C18H26N2O3/c1-19-9-11-20(12-10-19)16-7-2-3-8-17(16)23-15-6-4-5-14(13-15)18(21)22/h4-6,13,16-17H,2-3,7-12H2,1H3,(H,21,22). The van der Waals surface area contributed by atoms with E-state index in [0.717, 1.165) is 32.6 Å². The van der Waals surface area contributed by atoms with Crippen molar-refractivity contribution in [3.05, 3.63) is 29.8 Å². The van der Waals surface area contributed by atoms with E-state index >= 15 is 0 Å². The molecular formula is C18H26N2O3. The molecule has 1 N–H and O–H groups in total. The summed E-state index contributed by atoms with van der Waals surface area (Å²) in [5, 5.41) is 9.13. The zero-order valence-corrected chi connectivity index (χ0v) is 13.8. The summed E-state index contributed by atoms with van der Waals surface area (Å²) in [6, 6.07) is 7.31. The molecule has 2 atom stereocenters. The SMILES string of the molecule is CN1CCN(C2CCCCC2Oc2cccc(C(=O)O)c2)CC1. The Hall–Kier alpha value is -1.59. The summed E-state index contributed by atoms with van der Waals surface area (Å²) in [7, 11) is 2.17. The highest BCUT2D eigenvalue weighted by atomic mass is 16.5. The second-order valence-electron chi connectivity index (χ2n) is 6.68. The van der Waals surface area contributed by atoms with Crippen LogP contribution in [-0.2, 0) is 0 Å². The van der Waals surface area contributed by atoms with Gasteiger partial charge in [0.2, 0.25) is 0 Å². The van der Waals surface area contributed by atoms with Gasteiger partial charge in [0.15, 0.2) is 0 Å². The van der Waals surface area contributed by atoms with Gasteiger partial charge in [-0.1, -0.05) is 12.5 Å². The Morgan fingerprint density at radius 1 is 1.17 bits per heavy atom. The monoisotopic (exact) mass is 318 g/mol. The molecule has 0 amide bonds. The van der Waals surface area contributed by atoms with Crippen LogP contribution < -0.4 is 4.74 Å². The fourth-order valence-electron chi connectivity index (χ4n) is 3.66. The molecule has 0 spiro atoms. The van der Waals surface area contributed by atoms with Crippen molar-refractivity contribution in [2.75, 3.05) is 33.2 Å². The normalized spacial score (nSPS) is 26.8. The van der Waals surface area contributed by atoms with Crippen molar-refractivity contribution in [3.8, 4) is 5.75 Å². The Labute approximate surface area is 137 Å². The van der Waals surface area contributed by atoms with Gasteiger partial charge in [-0.05, 0) is 44.5 Å². The molecule has 0 aromatic heterocycles. The average molecular weight is 318 g/mol. The van der Waals surface area contributed by atoms with Gasteiger partial charge in [-0.15, -0.1) is 0 Å². The van der Waals surface area contributed by atoms with E-state index in [0.29, 0.717) is 11.8 Å². The Bertz CT molecular complexity index is 541. The number of benzene rings is 1. The van der Waals surface area contributed by atoms with Crippen LogP contribution in [0.1, 0.15) is 36.0 Å². The molecule has 1 heterocycles. The van der Waals surface area contributed by atoms with E-state index in [-0.39, 0.29) is 11.7 Å². The highest BCUT2D eigenvalue weighted by Gasteiger charge is 2.33. The average Bonchev–Trinajstić information content (AvgIpc) is 2.56. The number of carboxylic acid groups (broad SMARTS) is 1. The lowest BCUT2D eigenvalue weighted by Gasteiger charge is -2.43. The molecule has 1 aromatic carbocycles. The van der Waals surface area contributed by atoms with Crippen LogP contribution in [0, 0.1) is 0 Å². The van der Waals surface area contributed by atoms with Crippen LogP contribution in [0.2, 0.25) is 0 Å². The van der Waals surface area contributed by atoms with E-state index in [9.17, 15) is 4.79 Å². The molecule has 5 nitrogen and oxygen atoms in total. The zero-order chi connectivity index (χ0) is 16.2. The molecule has 1 aromatic rings. The summed E-state index contributed by atoms with van der Waals surface area (Å²) in [5.74, 6) is -0.231. The van der Waals surface area contributed by atoms with Crippen LogP contribution >= 0.6 is 0 Å². The highest BCUT2D eigenvalue weighted by Crippen LogP contribution is 2.28. The second kappa shape index (κ2) is 7.32. The molecule has 3 rings (SSSR count). The summed E-state index contributed by atoms with van der Waals surface area (Å²) in [6.45, 7) is 4.40. The first-order valence-corrected chi connectivity index (χ1v) is 8.56. The fraction of sp³-hybridized carbons (Fsp3) is 0.611. The molecule has 2 aliphatic rings. The van der Waals surface area contributed by atoms with E-state index in [4.69, 9.17) is 9.84 Å². The van der Waals surface area contributed by atoms with Crippen molar-refractivity contribution in [1.82, 2.24) is 9.80 Å². The van der Waals surface area contributed by atoms with Gasteiger partial charge in [-0.3, -0.25) is 4.90 Å². The van der Waals surface area contributed by atoms with Gasteiger partial charge >= 0.3 is 5.97 Å². The van der Waals surface area contributed by atoms with Crippen molar-refractivity contribution in [3.63, 3.8) is 0 Å². The summed E-state index contributed by atoms with van der Waals surface area (Å²) in [5.41, 5.74) is 0.287. The van der Waals surface area contributed by atoms with Gasteiger partial charge in [0.25, 0.3) is 0 Å². The predicted molar refractivity (Wildman–Crippen MR) is 89.1 cm³/mol. The van der Waals surface area contributed by atoms with Gasteiger partial charge in [0.1, 0.15) is 11.9 Å². The molecule has 1 saturated heterocycles. The lowest BCUT2D eigenvalue weighted by atomic mass is 9.90. The molecule has 2 unspecified atom stereocenters. The van der Waals surface area contributed by atoms with Crippen LogP contribution in [0.5, 0.6) is 5.75 Å². The molecule has 126 valence electrons. The number of aromatic carboxylic acids is 1. The first-order valence-electron chi connectivity index (χ1n) is 8.56. The van der Waals surface area contributed by atoms with E-state index in [2.05, 4.69) is 16.8 Å². The quantitative estimate of drug-likeness (QED) is 0.923. The number of rotatable bonds is 4. The van der Waals surface area contributed by atoms with Crippen molar-refractivity contribution < 1.29 is 14.6 Å². The van der Waals surface area contributed by atoms with Crippen molar-refractivity contribution >= 4 is 5.97 Å². The predicted octanol–water partition coefficient (Wildman–Crippen LogP) is 2.32. The Morgan fingerprint density at radius 3 is 2.65 bits per heavy atom. The van der Waals surface area contributed by atoms with Crippen LogP contribution in [0.4, 0.5) is 0 Å². The Morgan fingerprint density at radius 2 is 1.91 bits per heavy atom. The third-order valence-corrected chi connectivity index (χ3v) is 5.04. The molecular weight excluding hydrogens is 292 g/mol. The van der Waals surface area contributed by atoms with E-state index in [1.54, 1.807) is 18.2 Å². The molecule has 0 radical (unpaired) electrons. The molecule has 1 aliphatic carbocycles. The summed E-state index contributed by atoms with van der Waals surface area (Å²) < 4.78 is 6.22. The van der Waals surface area contributed by atoms with Crippen molar-refractivity contribution in [2.24, 2.45) is 0 Å². The van der Waals surface area contributed by atoms with Crippen LogP contribution in [0.3, 0.4) is 0 Å². The van der Waals surface area contributed by atoms with Crippen LogP contribution in [0.15, 0.2) is 24.3 Å². The zero-order valence-electron chi connectivity index (χ0n) is 13.8. The largest absolute Gasteiger partial charge is 0.489 e. The number of ether oxygens (including phenoxy) is 1. The van der Waals surface area contributed by atoms with Gasteiger partial charge in [0, 0.05) is 32.2 Å². The molecule has 1 aliphatic heterocycles. The van der Waals surface area contributed by atoms with E-state index < -0.39 is 5.97 Å². The van der Waals surface area contributed by atoms with Gasteiger partial charge < -0.3 is 14.7 Å². The van der Waals surface area contributed by atoms with Crippen molar-refractivity contribution in [1.29, 1.82) is 0 Å². The highest BCUT2D eigenvalue weighted by molar-refractivity contribution is 5.87. The minimum atomic E-state index is -0.908. The van der Waals surface area contributed by atoms with Crippen LogP contribution in [-0.4, -0.2) is 66.2 Å². The number of hydrogen-bond donors (Lipinski definition) is 1. The lowest BCUT2D eigenvalue weighted by molar-refractivity contribution is 0.0129. The van der Waals surface area contributed by atoms with Crippen LogP contribution in [0.25, 0.3) is 0 Å². The molecule has 2 fully saturated rings. The van der Waals surface area contributed by atoms with Gasteiger partial charge in [-0.2, -0.15) is 0 Å². The van der Waals surface area contributed by atoms with E-state index in [1.807, 2.05) is 6.07 Å². The van der Waals surface area contributed by atoms with Gasteiger partial charge in [0.05, 0.1) is 5.56 Å².